The van der Waals surface area contributed by atoms with Crippen LogP contribution in [0.15, 0.2) is 18.5 Å². The molecule has 0 atom stereocenters. The van der Waals surface area contributed by atoms with E-state index in [2.05, 4.69) is 19.2 Å². The summed E-state index contributed by atoms with van der Waals surface area (Å²) in [6.45, 7) is 5.74. The first-order valence-corrected chi connectivity index (χ1v) is 5.21. The van der Waals surface area contributed by atoms with Crippen molar-refractivity contribution in [1.82, 2.24) is 9.88 Å². The summed E-state index contributed by atoms with van der Waals surface area (Å²) in [6, 6.07) is 1.87. The first kappa shape index (κ1) is 12.2. The molecule has 0 bridgehead atoms. The van der Waals surface area contributed by atoms with Gasteiger partial charge in [0.25, 0.3) is 6.43 Å². The quantitative estimate of drug-likeness (QED) is 0.773. The highest BCUT2D eigenvalue weighted by atomic mass is 19.3. The number of halogens is 2. The van der Waals surface area contributed by atoms with Gasteiger partial charge in [-0.1, -0.05) is 13.8 Å². The van der Waals surface area contributed by atoms with Crippen LogP contribution in [0.1, 0.15) is 19.4 Å². The Morgan fingerprint density at radius 1 is 1.40 bits per heavy atom. The van der Waals surface area contributed by atoms with Gasteiger partial charge in [-0.15, -0.1) is 0 Å². The molecule has 1 heterocycles. The summed E-state index contributed by atoms with van der Waals surface area (Å²) >= 11 is 0. The van der Waals surface area contributed by atoms with Gasteiger partial charge in [0.05, 0.1) is 6.54 Å². The summed E-state index contributed by atoms with van der Waals surface area (Å²) in [5, 5.41) is 3.27. The maximum Gasteiger partial charge on any atom is 0.256 e. The minimum atomic E-state index is -2.28. The molecule has 0 fully saturated rings. The number of alkyl halides is 2. The summed E-state index contributed by atoms with van der Waals surface area (Å²) in [4.78, 5) is 0. The Balaban J connectivity index is 2.33. The number of aromatic nitrogens is 1. The van der Waals surface area contributed by atoms with E-state index in [4.69, 9.17) is 0 Å². The molecule has 0 aliphatic rings. The van der Waals surface area contributed by atoms with Crippen LogP contribution in [-0.2, 0) is 13.1 Å². The van der Waals surface area contributed by atoms with E-state index in [0.29, 0.717) is 5.92 Å². The van der Waals surface area contributed by atoms with Gasteiger partial charge in [-0.25, -0.2) is 8.78 Å². The van der Waals surface area contributed by atoms with Crippen molar-refractivity contribution in [3.63, 3.8) is 0 Å². The van der Waals surface area contributed by atoms with Crippen LogP contribution in [0.3, 0.4) is 0 Å². The zero-order valence-corrected chi connectivity index (χ0v) is 9.21. The molecule has 0 aliphatic heterocycles. The minimum Gasteiger partial charge on any atom is -0.348 e. The van der Waals surface area contributed by atoms with Crippen molar-refractivity contribution in [1.29, 1.82) is 0 Å². The third kappa shape index (κ3) is 4.93. The lowest BCUT2D eigenvalue weighted by Gasteiger charge is -2.05. The van der Waals surface area contributed by atoms with E-state index in [1.807, 2.05) is 6.07 Å². The van der Waals surface area contributed by atoms with Gasteiger partial charge >= 0.3 is 0 Å². The summed E-state index contributed by atoms with van der Waals surface area (Å²) in [5.74, 6) is 0.605. The van der Waals surface area contributed by atoms with Crippen LogP contribution < -0.4 is 5.32 Å². The molecule has 1 aromatic rings. The first-order valence-electron chi connectivity index (χ1n) is 5.21. The minimum absolute atomic E-state index is 0.218. The third-order valence-corrected chi connectivity index (χ3v) is 2.04. The van der Waals surface area contributed by atoms with Crippen molar-refractivity contribution in [2.75, 3.05) is 6.54 Å². The summed E-state index contributed by atoms with van der Waals surface area (Å²) in [5.41, 5.74) is 1.05. The van der Waals surface area contributed by atoms with E-state index in [1.54, 1.807) is 12.4 Å². The van der Waals surface area contributed by atoms with Crippen molar-refractivity contribution in [3.05, 3.63) is 24.0 Å². The fraction of sp³-hybridized carbons (Fsp3) is 0.636. The van der Waals surface area contributed by atoms with E-state index in [9.17, 15) is 8.78 Å². The van der Waals surface area contributed by atoms with Gasteiger partial charge in [-0.2, -0.15) is 0 Å². The second kappa shape index (κ2) is 5.85. The monoisotopic (exact) mass is 216 g/mol. The smallest absolute Gasteiger partial charge is 0.256 e. The summed E-state index contributed by atoms with van der Waals surface area (Å²) < 4.78 is 25.6. The number of hydrogen-bond donors (Lipinski definition) is 1. The van der Waals surface area contributed by atoms with Crippen LogP contribution in [0, 0.1) is 5.92 Å². The molecule has 0 aromatic carbocycles. The fourth-order valence-corrected chi connectivity index (χ4v) is 1.37. The molecule has 0 saturated heterocycles. The largest absolute Gasteiger partial charge is 0.348 e. The number of nitrogens with one attached hydrogen (secondary N) is 1. The Hall–Kier alpha value is -0.900. The highest BCUT2D eigenvalue weighted by Crippen LogP contribution is 2.04. The van der Waals surface area contributed by atoms with Crippen molar-refractivity contribution >= 4 is 0 Å². The molecule has 0 spiro atoms. The van der Waals surface area contributed by atoms with Crippen molar-refractivity contribution in [2.45, 2.75) is 33.4 Å². The van der Waals surface area contributed by atoms with Gasteiger partial charge in [-0.05, 0) is 24.1 Å². The predicted octanol–water partition coefficient (Wildman–Crippen LogP) is 2.50. The molecule has 4 heteroatoms. The Bertz CT molecular complexity index is 282. The maximum atomic E-state index is 12.1. The van der Waals surface area contributed by atoms with Gasteiger partial charge in [-0.3, -0.25) is 0 Å². The van der Waals surface area contributed by atoms with E-state index >= 15 is 0 Å². The van der Waals surface area contributed by atoms with Crippen molar-refractivity contribution < 1.29 is 8.78 Å². The standard InChI is InChI=1S/C11H18F2N2/c1-9(2)5-14-6-10-3-4-15(7-10)8-11(12)13/h3-4,7,9,11,14H,5-6,8H2,1-2H3. The van der Waals surface area contributed by atoms with Crippen molar-refractivity contribution in [2.24, 2.45) is 5.92 Å². The number of hydrogen-bond acceptors (Lipinski definition) is 1. The topological polar surface area (TPSA) is 17.0 Å². The number of rotatable bonds is 6. The molecule has 2 nitrogen and oxygen atoms in total. The lowest BCUT2D eigenvalue weighted by atomic mass is 10.2. The SMILES string of the molecule is CC(C)CNCc1ccn(CC(F)F)c1. The summed E-state index contributed by atoms with van der Waals surface area (Å²) in [7, 11) is 0. The molecule has 1 N–H and O–H groups in total. The van der Waals surface area contributed by atoms with E-state index in [1.165, 1.54) is 4.57 Å². The second-order valence-electron chi connectivity index (χ2n) is 4.13. The van der Waals surface area contributed by atoms with Crippen LogP contribution in [0.5, 0.6) is 0 Å². The van der Waals surface area contributed by atoms with Crippen LogP contribution in [0.25, 0.3) is 0 Å². The average molecular weight is 216 g/mol. The lowest BCUT2D eigenvalue weighted by Crippen LogP contribution is -2.18. The second-order valence-corrected chi connectivity index (χ2v) is 4.13. The van der Waals surface area contributed by atoms with Gasteiger partial charge in [0.2, 0.25) is 0 Å². The average Bonchev–Trinajstić information content (AvgIpc) is 2.50. The molecular formula is C11H18F2N2. The van der Waals surface area contributed by atoms with Crippen LogP contribution >= 0.6 is 0 Å². The third-order valence-electron chi connectivity index (χ3n) is 2.04. The predicted molar refractivity (Wildman–Crippen MR) is 57.0 cm³/mol. The van der Waals surface area contributed by atoms with Crippen LogP contribution in [0.4, 0.5) is 8.78 Å². The van der Waals surface area contributed by atoms with Crippen molar-refractivity contribution in [3.8, 4) is 0 Å². The first-order chi connectivity index (χ1) is 7.08. The van der Waals surface area contributed by atoms with Crippen LogP contribution in [0.2, 0.25) is 0 Å². The molecule has 0 aliphatic carbocycles. The molecule has 0 saturated carbocycles. The highest BCUT2D eigenvalue weighted by molar-refractivity contribution is 5.09. The Labute approximate surface area is 89.3 Å². The maximum absolute atomic E-state index is 12.1. The van der Waals surface area contributed by atoms with E-state index in [0.717, 1.165) is 18.7 Å². The Kier molecular flexibility index (Phi) is 4.75. The Morgan fingerprint density at radius 3 is 2.73 bits per heavy atom. The molecule has 15 heavy (non-hydrogen) atoms. The van der Waals surface area contributed by atoms with Gasteiger partial charge in [0, 0.05) is 18.9 Å². The highest BCUT2D eigenvalue weighted by Gasteiger charge is 2.04. The molecule has 0 amide bonds. The molecular weight excluding hydrogens is 198 g/mol. The Morgan fingerprint density at radius 2 is 2.13 bits per heavy atom. The lowest BCUT2D eigenvalue weighted by molar-refractivity contribution is 0.126. The molecule has 86 valence electrons. The van der Waals surface area contributed by atoms with E-state index in [-0.39, 0.29) is 6.54 Å². The van der Waals surface area contributed by atoms with Crippen LogP contribution in [-0.4, -0.2) is 17.5 Å². The normalized spacial score (nSPS) is 11.6. The molecule has 1 aromatic heterocycles. The van der Waals surface area contributed by atoms with Gasteiger partial charge in [0.15, 0.2) is 0 Å². The van der Waals surface area contributed by atoms with Gasteiger partial charge in [0.1, 0.15) is 0 Å². The molecule has 1 rings (SSSR count). The fourth-order valence-electron chi connectivity index (χ4n) is 1.37. The summed E-state index contributed by atoms with van der Waals surface area (Å²) in [6.07, 6.45) is 1.17. The van der Waals surface area contributed by atoms with Gasteiger partial charge < -0.3 is 9.88 Å². The number of nitrogens with zero attached hydrogens (tertiary/aromatic N) is 1. The molecule has 0 unspecified atom stereocenters. The zero-order valence-electron chi connectivity index (χ0n) is 9.21. The van der Waals surface area contributed by atoms with E-state index < -0.39 is 6.43 Å². The molecule has 0 radical (unpaired) electrons. The zero-order chi connectivity index (χ0) is 11.3.